The van der Waals surface area contributed by atoms with Gasteiger partial charge in [-0.05, 0) is 49.7 Å². The van der Waals surface area contributed by atoms with Crippen molar-refractivity contribution in [2.24, 2.45) is 0 Å². The van der Waals surface area contributed by atoms with Gasteiger partial charge in [0.25, 0.3) is 0 Å². The molecule has 0 bridgehead atoms. The number of nitrogens with two attached hydrogens (primary N) is 1. The van der Waals surface area contributed by atoms with Crippen LogP contribution in [0.4, 0.5) is 5.95 Å². The molecule has 0 saturated carbocycles. The molecule has 25 heavy (non-hydrogen) atoms. The van der Waals surface area contributed by atoms with E-state index < -0.39 is 0 Å². The molecule has 3 rings (SSSR count). The summed E-state index contributed by atoms with van der Waals surface area (Å²) < 4.78 is 1.94. The van der Waals surface area contributed by atoms with Crippen molar-refractivity contribution in [2.75, 3.05) is 25.4 Å². The standard InChI is InChI=1S/C13H22N.C5H3IN5/c1-4-14(5-2,6-3)12-13-10-8-7-9-11-13;6-3-2-4(9-1-8-2)11-5(7)10-3/h7-11H,4-6,12H2,1-3H3;1H,(H2-,7,8,9,10,11)/q+1;-1. The molecular weight excluding hydrogens is 427 g/mol. The van der Waals surface area contributed by atoms with E-state index >= 15 is 0 Å². The Balaban J connectivity index is 0.000000185. The number of nitrogens with zero attached hydrogens (tertiary/aromatic N) is 5. The van der Waals surface area contributed by atoms with Gasteiger partial charge in [-0.25, -0.2) is 4.98 Å². The van der Waals surface area contributed by atoms with E-state index in [0.29, 0.717) is 11.2 Å². The molecule has 0 spiro atoms. The molecule has 2 heterocycles. The number of nitrogen functional groups attached to an aromatic ring is 1. The van der Waals surface area contributed by atoms with Crippen LogP contribution in [0.15, 0.2) is 36.7 Å². The lowest BCUT2D eigenvalue weighted by Gasteiger charge is -2.35. The number of imidazole rings is 1. The number of hydrogen-bond acceptors (Lipinski definition) is 4. The second kappa shape index (κ2) is 9.10. The predicted octanol–water partition coefficient (Wildman–Crippen LogP) is 3.23. The van der Waals surface area contributed by atoms with E-state index in [1.54, 1.807) is 0 Å². The van der Waals surface area contributed by atoms with Crippen molar-refractivity contribution in [2.45, 2.75) is 27.3 Å². The number of aromatic nitrogens is 4. The minimum atomic E-state index is 0.238. The average Bonchev–Trinajstić information content (AvgIpc) is 3.10. The van der Waals surface area contributed by atoms with E-state index in [-0.39, 0.29) is 5.95 Å². The summed E-state index contributed by atoms with van der Waals surface area (Å²) in [6.07, 6.45) is 1.45. The molecule has 7 heteroatoms. The summed E-state index contributed by atoms with van der Waals surface area (Å²) in [7, 11) is 0. The molecule has 2 aromatic heterocycles. The zero-order valence-electron chi connectivity index (χ0n) is 15.0. The lowest BCUT2D eigenvalue weighted by Crippen LogP contribution is -2.46. The molecule has 0 radical (unpaired) electrons. The van der Waals surface area contributed by atoms with E-state index in [9.17, 15) is 0 Å². The summed E-state index contributed by atoms with van der Waals surface area (Å²) in [6.45, 7) is 11.7. The molecule has 0 amide bonds. The second-order valence-electron chi connectivity index (χ2n) is 5.85. The lowest BCUT2D eigenvalue weighted by molar-refractivity contribution is -0.936. The van der Waals surface area contributed by atoms with Crippen LogP contribution in [0.25, 0.3) is 11.2 Å². The van der Waals surface area contributed by atoms with Crippen LogP contribution in [-0.2, 0) is 6.54 Å². The Hall–Kier alpha value is -1.74. The van der Waals surface area contributed by atoms with Gasteiger partial charge >= 0.3 is 0 Å². The Labute approximate surface area is 162 Å². The molecule has 0 aliphatic rings. The number of benzene rings is 1. The summed E-state index contributed by atoms with van der Waals surface area (Å²) in [6, 6.07) is 10.8. The first-order valence-corrected chi connectivity index (χ1v) is 9.56. The van der Waals surface area contributed by atoms with Crippen molar-refractivity contribution in [1.29, 1.82) is 0 Å². The van der Waals surface area contributed by atoms with Gasteiger partial charge in [-0.15, -0.1) is 0 Å². The highest BCUT2D eigenvalue weighted by molar-refractivity contribution is 14.1. The number of anilines is 1. The fourth-order valence-corrected chi connectivity index (χ4v) is 3.38. The predicted molar refractivity (Wildman–Crippen MR) is 110 cm³/mol. The fourth-order valence-electron chi connectivity index (χ4n) is 2.75. The quantitative estimate of drug-likeness (QED) is 0.366. The van der Waals surface area contributed by atoms with Crippen LogP contribution in [0, 0.1) is 3.70 Å². The fraction of sp³-hybridized carbons (Fsp3) is 0.389. The van der Waals surface area contributed by atoms with Crippen LogP contribution in [-0.4, -0.2) is 39.1 Å². The number of rotatable bonds is 5. The highest BCUT2D eigenvalue weighted by Gasteiger charge is 2.20. The van der Waals surface area contributed by atoms with Crippen LogP contribution < -0.4 is 10.7 Å². The Morgan fingerprint density at radius 1 is 1.04 bits per heavy atom. The smallest absolute Gasteiger partial charge is 0.149 e. The maximum atomic E-state index is 5.39. The first-order valence-electron chi connectivity index (χ1n) is 8.49. The largest absolute Gasteiger partial charge is 0.381 e. The molecule has 134 valence electrons. The zero-order chi connectivity index (χ0) is 18.3. The normalized spacial score (nSPS) is 11.2. The molecule has 0 atom stereocenters. The van der Waals surface area contributed by atoms with Crippen molar-refractivity contribution < 1.29 is 4.48 Å². The Kier molecular flexibility index (Phi) is 7.12. The highest BCUT2D eigenvalue weighted by atomic mass is 127. The van der Waals surface area contributed by atoms with Gasteiger partial charge in [-0.3, -0.25) is 0 Å². The second-order valence-corrected chi connectivity index (χ2v) is 6.87. The van der Waals surface area contributed by atoms with Crippen LogP contribution in [0.3, 0.4) is 0 Å². The van der Waals surface area contributed by atoms with Crippen molar-refractivity contribution >= 4 is 39.7 Å². The molecular formula is C18H25IN6. The third-order valence-electron chi connectivity index (χ3n) is 4.58. The minimum absolute atomic E-state index is 0.238. The Bertz CT molecular complexity index is 774. The maximum absolute atomic E-state index is 5.39. The SMILES string of the molecule is CC[N+](CC)(CC)Cc1ccccc1.Nc1nc(I)c2nc[n-]c2n1. The molecule has 0 aliphatic heterocycles. The number of fused-ring (bicyclic) bond motifs is 1. The number of quaternary nitrogens is 1. The summed E-state index contributed by atoms with van der Waals surface area (Å²) in [5.41, 5.74) is 8.11. The van der Waals surface area contributed by atoms with Gasteiger partial charge in [0.1, 0.15) is 16.2 Å². The topological polar surface area (TPSA) is 78.8 Å². The first-order chi connectivity index (χ1) is 12.0. The third kappa shape index (κ3) is 5.12. The summed E-state index contributed by atoms with van der Waals surface area (Å²) in [5, 5.41) is 0. The van der Waals surface area contributed by atoms with Crippen molar-refractivity contribution in [3.63, 3.8) is 0 Å². The van der Waals surface area contributed by atoms with E-state index in [2.05, 4.69) is 71.0 Å². The first kappa shape index (κ1) is 19.6. The van der Waals surface area contributed by atoms with Gasteiger partial charge in [0, 0.05) is 16.7 Å². The van der Waals surface area contributed by atoms with Crippen molar-refractivity contribution in [3.8, 4) is 0 Å². The Morgan fingerprint density at radius 3 is 2.28 bits per heavy atom. The number of hydrogen-bond donors (Lipinski definition) is 1. The molecule has 6 nitrogen and oxygen atoms in total. The lowest BCUT2D eigenvalue weighted by atomic mass is 10.2. The van der Waals surface area contributed by atoms with E-state index in [4.69, 9.17) is 5.73 Å². The van der Waals surface area contributed by atoms with Gasteiger partial charge in [-0.1, -0.05) is 30.3 Å². The van der Waals surface area contributed by atoms with Crippen molar-refractivity contribution in [1.82, 2.24) is 19.9 Å². The summed E-state index contributed by atoms with van der Waals surface area (Å²) >= 11 is 2.05. The van der Waals surface area contributed by atoms with E-state index in [0.717, 1.165) is 3.70 Å². The summed E-state index contributed by atoms with van der Waals surface area (Å²) in [5.74, 6) is 0.238. The summed E-state index contributed by atoms with van der Waals surface area (Å²) in [4.78, 5) is 15.7. The van der Waals surface area contributed by atoms with Gasteiger partial charge in [-0.2, -0.15) is 0 Å². The number of halogens is 1. The van der Waals surface area contributed by atoms with Crippen LogP contribution in [0.1, 0.15) is 26.3 Å². The molecule has 2 N–H and O–H groups in total. The molecule has 0 saturated heterocycles. The van der Waals surface area contributed by atoms with Crippen LogP contribution in [0.5, 0.6) is 0 Å². The average molecular weight is 452 g/mol. The zero-order valence-corrected chi connectivity index (χ0v) is 17.1. The molecule has 0 aliphatic carbocycles. The van der Waals surface area contributed by atoms with Gasteiger partial charge in [0.2, 0.25) is 0 Å². The highest BCUT2D eigenvalue weighted by Crippen LogP contribution is 2.14. The van der Waals surface area contributed by atoms with Gasteiger partial charge in [0.05, 0.1) is 19.6 Å². The Morgan fingerprint density at radius 2 is 1.68 bits per heavy atom. The van der Waals surface area contributed by atoms with Gasteiger partial charge < -0.3 is 25.2 Å². The van der Waals surface area contributed by atoms with E-state index in [1.165, 1.54) is 42.6 Å². The molecule has 0 unspecified atom stereocenters. The minimum Gasteiger partial charge on any atom is -0.381 e. The van der Waals surface area contributed by atoms with E-state index in [1.807, 2.05) is 22.6 Å². The molecule has 3 aromatic rings. The van der Waals surface area contributed by atoms with Crippen LogP contribution in [0.2, 0.25) is 0 Å². The van der Waals surface area contributed by atoms with Gasteiger partial charge in [0.15, 0.2) is 0 Å². The van der Waals surface area contributed by atoms with Crippen LogP contribution >= 0.6 is 22.6 Å². The monoisotopic (exact) mass is 452 g/mol. The third-order valence-corrected chi connectivity index (χ3v) is 5.33. The maximum Gasteiger partial charge on any atom is 0.149 e. The molecule has 0 fully saturated rings. The molecule has 1 aromatic carbocycles. The van der Waals surface area contributed by atoms with Crippen molar-refractivity contribution in [3.05, 3.63) is 45.9 Å².